The van der Waals surface area contributed by atoms with Crippen molar-refractivity contribution < 1.29 is 19.6 Å². The molecule has 23 heavy (non-hydrogen) atoms. The highest BCUT2D eigenvalue weighted by atomic mass is 16.6. The quantitative estimate of drug-likeness (QED) is 0.626. The van der Waals surface area contributed by atoms with Crippen LogP contribution in [0.2, 0.25) is 0 Å². The van der Waals surface area contributed by atoms with Gasteiger partial charge in [-0.3, -0.25) is 14.9 Å². The summed E-state index contributed by atoms with van der Waals surface area (Å²) in [6.07, 6.45) is -0.0460. The molecule has 0 fully saturated rings. The Morgan fingerprint density at radius 1 is 1.13 bits per heavy atom. The molecule has 0 saturated heterocycles. The SMILES string of the molecule is O=C(NC(Cc1cccc([N+](=O)[O-])c1)C(=O)O)c1ccccc1. The fraction of sp³-hybridized carbons (Fsp3) is 0.125. The smallest absolute Gasteiger partial charge is 0.326 e. The van der Waals surface area contributed by atoms with Crippen molar-refractivity contribution in [2.75, 3.05) is 0 Å². The summed E-state index contributed by atoms with van der Waals surface area (Å²) in [6, 6.07) is 12.7. The summed E-state index contributed by atoms with van der Waals surface area (Å²) in [5.41, 5.74) is 0.679. The lowest BCUT2D eigenvalue weighted by Gasteiger charge is -2.14. The molecule has 7 heteroatoms. The Morgan fingerprint density at radius 2 is 1.83 bits per heavy atom. The van der Waals surface area contributed by atoms with Crippen molar-refractivity contribution >= 4 is 17.6 Å². The van der Waals surface area contributed by atoms with Crippen molar-refractivity contribution in [1.29, 1.82) is 0 Å². The van der Waals surface area contributed by atoms with E-state index in [0.717, 1.165) is 0 Å². The van der Waals surface area contributed by atoms with Gasteiger partial charge in [-0.2, -0.15) is 0 Å². The predicted molar refractivity (Wildman–Crippen MR) is 82.1 cm³/mol. The van der Waals surface area contributed by atoms with Crippen LogP contribution in [0.15, 0.2) is 54.6 Å². The molecule has 7 nitrogen and oxygen atoms in total. The number of amides is 1. The van der Waals surface area contributed by atoms with Crippen LogP contribution in [0.25, 0.3) is 0 Å². The van der Waals surface area contributed by atoms with E-state index in [1.165, 1.54) is 18.2 Å². The number of carboxylic acid groups (broad SMARTS) is 1. The van der Waals surface area contributed by atoms with Gasteiger partial charge in [0.1, 0.15) is 6.04 Å². The van der Waals surface area contributed by atoms with Gasteiger partial charge in [-0.1, -0.05) is 30.3 Å². The second kappa shape index (κ2) is 7.17. The fourth-order valence-corrected chi connectivity index (χ4v) is 2.06. The second-order valence-electron chi connectivity index (χ2n) is 4.86. The van der Waals surface area contributed by atoms with E-state index in [4.69, 9.17) is 0 Å². The van der Waals surface area contributed by atoms with Crippen molar-refractivity contribution in [2.45, 2.75) is 12.5 Å². The molecule has 2 rings (SSSR count). The number of carbonyl (C=O) groups excluding carboxylic acids is 1. The van der Waals surface area contributed by atoms with Crippen LogP contribution in [-0.2, 0) is 11.2 Å². The third kappa shape index (κ3) is 4.37. The Bertz CT molecular complexity index is 730. The standard InChI is InChI=1S/C16H14N2O5/c19-15(12-6-2-1-3-7-12)17-14(16(20)21)10-11-5-4-8-13(9-11)18(22)23/h1-9,14H,10H2,(H,17,19)(H,20,21). The van der Waals surface area contributed by atoms with E-state index in [2.05, 4.69) is 5.32 Å². The summed E-state index contributed by atoms with van der Waals surface area (Å²) < 4.78 is 0. The minimum absolute atomic E-state index is 0.0460. The molecule has 118 valence electrons. The van der Waals surface area contributed by atoms with Crippen molar-refractivity contribution in [3.8, 4) is 0 Å². The summed E-state index contributed by atoms with van der Waals surface area (Å²) >= 11 is 0. The third-order valence-corrected chi connectivity index (χ3v) is 3.20. The number of rotatable bonds is 6. The van der Waals surface area contributed by atoms with E-state index < -0.39 is 22.8 Å². The largest absolute Gasteiger partial charge is 0.480 e. The minimum Gasteiger partial charge on any atom is -0.480 e. The molecule has 0 aliphatic carbocycles. The molecule has 0 spiro atoms. The van der Waals surface area contributed by atoms with E-state index in [1.54, 1.807) is 36.4 Å². The predicted octanol–water partition coefficient (Wildman–Crippen LogP) is 2.02. The van der Waals surface area contributed by atoms with Crippen molar-refractivity contribution in [2.24, 2.45) is 0 Å². The first-order chi connectivity index (χ1) is 11.0. The number of hydrogen-bond donors (Lipinski definition) is 2. The Balaban J connectivity index is 2.13. The average molecular weight is 314 g/mol. The molecule has 1 unspecified atom stereocenters. The maximum atomic E-state index is 12.0. The minimum atomic E-state index is -1.21. The molecule has 0 radical (unpaired) electrons. The number of benzene rings is 2. The van der Waals surface area contributed by atoms with Gasteiger partial charge in [0.2, 0.25) is 0 Å². The molecule has 1 amide bonds. The van der Waals surface area contributed by atoms with Crippen molar-refractivity contribution in [1.82, 2.24) is 5.32 Å². The molecule has 0 saturated carbocycles. The Morgan fingerprint density at radius 3 is 2.43 bits per heavy atom. The maximum Gasteiger partial charge on any atom is 0.326 e. The lowest BCUT2D eigenvalue weighted by atomic mass is 10.0. The molecule has 2 N–H and O–H groups in total. The van der Waals surface area contributed by atoms with Crippen LogP contribution in [-0.4, -0.2) is 27.9 Å². The van der Waals surface area contributed by atoms with Gasteiger partial charge >= 0.3 is 5.97 Å². The molecular formula is C16H14N2O5. The topological polar surface area (TPSA) is 110 Å². The number of nitro groups is 1. The normalized spacial score (nSPS) is 11.5. The summed E-state index contributed by atoms with van der Waals surface area (Å²) in [5.74, 6) is -1.72. The lowest BCUT2D eigenvalue weighted by molar-refractivity contribution is -0.384. The van der Waals surface area contributed by atoms with Crippen LogP contribution in [0.3, 0.4) is 0 Å². The van der Waals surface area contributed by atoms with Crippen LogP contribution in [0.1, 0.15) is 15.9 Å². The van der Waals surface area contributed by atoms with Crippen LogP contribution < -0.4 is 5.32 Å². The highest BCUT2D eigenvalue weighted by molar-refractivity contribution is 5.96. The Hall–Kier alpha value is -3.22. The molecule has 0 aliphatic rings. The summed E-state index contributed by atoms with van der Waals surface area (Å²) in [4.78, 5) is 33.6. The monoisotopic (exact) mass is 314 g/mol. The lowest BCUT2D eigenvalue weighted by Crippen LogP contribution is -2.42. The number of carbonyl (C=O) groups is 2. The van der Waals surface area contributed by atoms with Gasteiger partial charge in [0.25, 0.3) is 11.6 Å². The molecular weight excluding hydrogens is 300 g/mol. The van der Waals surface area contributed by atoms with E-state index >= 15 is 0 Å². The molecule has 1 atom stereocenters. The average Bonchev–Trinajstić information content (AvgIpc) is 2.55. The molecule has 0 bridgehead atoms. The number of hydrogen-bond acceptors (Lipinski definition) is 4. The molecule has 2 aromatic carbocycles. The van der Waals surface area contributed by atoms with Gasteiger partial charge in [0.15, 0.2) is 0 Å². The number of aliphatic carboxylic acids is 1. The van der Waals surface area contributed by atoms with Gasteiger partial charge in [-0.05, 0) is 17.7 Å². The van der Waals surface area contributed by atoms with Gasteiger partial charge in [0.05, 0.1) is 4.92 Å². The first-order valence-corrected chi connectivity index (χ1v) is 6.79. The molecule has 0 heterocycles. The van der Waals surface area contributed by atoms with E-state index in [-0.39, 0.29) is 12.1 Å². The zero-order valence-electron chi connectivity index (χ0n) is 12.0. The first kappa shape index (κ1) is 16.2. The maximum absolute atomic E-state index is 12.0. The van der Waals surface area contributed by atoms with Gasteiger partial charge < -0.3 is 10.4 Å². The zero-order valence-corrected chi connectivity index (χ0v) is 12.0. The Kier molecular flexibility index (Phi) is 5.03. The highest BCUT2D eigenvalue weighted by Gasteiger charge is 2.21. The zero-order chi connectivity index (χ0) is 16.8. The van der Waals surface area contributed by atoms with E-state index in [9.17, 15) is 24.8 Å². The third-order valence-electron chi connectivity index (χ3n) is 3.20. The summed E-state index contributed by atoms with van der Waals surface area (Å²) in [6.45, 7) is 0. The number of non-ortho nitro benzene ring substituents is 1. The number of nitrogens with zero attached hydrogens (tertiary/aromatic N) is 1. The number of carboxylic acids is 1. The first-order valence-electron chi connectivity index (χ1n) is 6.79. The molecule has 0 aliphatic heterocycles. The second-order valence-corrected chi connectivity index (χ2v) is 4.86. The van der Waals surface area contributed by atoms with E-state index in [0.29, 0.717) is 11.1 Å². The fourth-order valence-electron chi connectivity index (χ4n) is 2.06. The van der Waals surface area contributed by atoms with Crippen molar-refractivity contribution in [3.63, 3.8) is 0 Å². The van der Waals surface area contributed by atoms with E-state index in [1.807, 2.05) is 0 Å². The van der Waals surface area contributed by atoms with Gasteiger partial charge in [-0.25, -0.2) is 4.79 Å². The summed E-state index contributed by atoms with van der Waals surface area (Å²) in [5, 5.41) is 22.4. The highest BCUT2D eigenvalue weighted by Crippen LogP contribution is 2.15. The Labute approximate surface area is 131 Å². The van der Waals surface area contributed by atoms with Crippen molar-refractivity contribution in [3.05, 3.63) is 75.8 Å². The van der Waals surface area contributed by atoms with Crippen LogP contribution >= 0.6 is 0 Å². The number of nitro benzene ring substituents is 1. The van der Waals surface area contributed by atoms with Crippen LogP contribution in [0.4, 0.5) is 5.69 Å². The van der Waals surface area contributed by atoms with Gasteiger partial charge in [-0.15, -0.1) is 0 Å². The van der Waals surface area contributed by atoms with Crippen LogP contribution in [0.5, 0.6) is 0 Å². The molecule has 0 aromatic heterocycles. The number of nitrogens with one attached hydrogen (secondary N) is 1. The van der Waals surface area contributed by atoms with Gasteiger partial charge in [0, 0.05) is 24.1 Å². The molecule has 2 aromatic rings. The summed E-state index contributed by atoms with van der Waals surface area (Å²) in [7, 11) is 0. The van der Waals surface area contributed by atoms with Crippen LogP contribution in [0, 0.1) is 10.1 Å².